The van der Waals surface area contributed by atoms with E-state index < -0.39 is 5.69 Å². The van der Waals surface area contributed by atoms with Crippen molar-refractivity contribution in [1.29, 1.82) is 0 Å². The van der Waals surface area contributed by atoms with E-state index in [-0.39, 0.29) is 17.8 Å². The molecule has 0 bridgehead atoms. The number of nitrogens with one attached hydrogen (secondary N) is 1. The molecule has 2 atom stereocenters. The molecule has 1 saturated heterocycles. The summed E-state index contributed by atoms with van der Waals surface area (Å²) in [6.45, 7) is 5.23. The van der Waals surface area contributed by atoms with Crippen molar-refractivity contribution in [2.24, 2.45) is 0 Å². The van der Waals surface area contributed by atoms with Crippen molar-refractivity contribution in [2.75, 3.05) is 18.0 Å². The Morgan fingerprint density at radius 2 is 1.87 bits per heavy atom. The van der Waals surface area contributed by atoms with Gasteiger partial charge in [0.05, 0.1) is 17.9 Å². The predicted molar refractivity (Wildman–Crippen MR) is 92.6 cm³/mol. The first-order valence-electron chi connectivity index (χ1n) is 7.47. The molecule has 1 N–H and O–H groups in total. The molecule has 0 spiro atoms. The number of aromatic nitrogens is 2. The Labute approximate surface area is 141 Å². The van der Waals surface area contributed by atoms with Crippen molar-refractivity contribution in [2.45, 2.75) is 26.1 Å². The van der Waals surface area contributed by atoms with Crippen LogP contribution in [0.15, 0.2) is 44.4 Å². The van der Waals surface area contributed by atoms with Crippen LogP contribution in [0.4, 0.5) is 5.82 Å². The third-order valence-corrected chi connectivity index (χ3v) is 4.24. The van der Waals surface area contributed by atoms with Crippen molar-refractivity contribution >= 4 is 21.7 Å². The summed E-state index contributed by atoms with van der Waals surface area (Å²) in [6.07, 6.45) is 0.101. The van der Waals surface area contributed by atoms with Crippen molar-refractivity contribution in [3.63, 3.8) is 0 Å². The molecule has 7 heteroatoms. The van der Waals surface area contributed by atoms with Crippen molar-refractivity contribution in [3.05, 3.63) is 55.6 Å². The number of hydrogen-bond acceptors (Lipinski definition) is 4. The molecule has 3 rings (SSSR count). The number of H-pyrrole nitrogens is 1. The molecule has 2 aromatic rings. The second-order valence-electron chi connectivity index (χ2n) is 5.78. The molecule has 1 aliphatic rings. The summed E-state index contributed by atoms with van der Waals surface area (Å²) in [6, 6.07) is 8.54. The zero-order chi connectivity index (χ0) is 16.6. The molecule has 1 fully saturated rings. The van der Waals surface area contributed by atoms with E-state index in [9.17, 15) is 9.59 Å². The quantitative estimate of drug-likeness (QED) is 0.865. The van der Waals surface area contributed by atoms with Gasteiger partial charge in [-0.15, -0.1) is 0 Å². The second-order valence-corrected chi connectivity index (χ2v) is 6.69. The standard InChI is InChI=1S/C16H18BrN3O3/c1-10-8-19(9-11(2)23-10)14-7-15(21)20(16(22)18-14)13-5-3-4-12(17)6-13/h3-7,10-11H,8-9H2,1-2H3,(H,18,22)/t10-,11+. The van der Waals surface area contributed by atoms with Crippen LogP contribution in [-0.2, 0) is 4.74 Å². The van der Waals surface area contributed by atoms with Crippen LogP contribution in [-0.4, -0.2) is 34.8 Å². The molecule has 0 aliphatic carbocycles. The SMILES string of the molecule is C[C@@H]1CN(c2cc(=O)n(-c3cccc(Br)c3)c(=O)[nH]2)C[C@H](C)O1. The first-order chi connectivity index (χ1) is 10.9. The highest BCUT2D eigenvalue weighted by molar-refractivity contribution is 9.10. The maximum Gasteiger partial charge on any atom is 0.334 e. The summed E-state index contributed by atoms with van der Waals surface area (Å²) in [4.78, 5) is 29.6. The van der Waals surface area contributed by atoms with Crippen LogP contribution in [0.1, 0.15) is 13.8 Å². The first-order valence-corrected chi connectivity index (χ1v) is 8.26. The fraction of sp³-hybridized carbons (Fsp3) is 0.375. The molecule has 1 aromatic carbocycles. The van der Waals surface area contributed by atoms with Crippen LogP contribution in [0.5, 0.6) is 0 Å². The lowest BCUT2D eigenvalue weighted by molar-refractivity contribution is -0.00549. The molecule has 0 radical (unpaired) electrons. The van der Waals surface area contributed by atoms with E-state index in [0.29, 0.717) is 24.6 Å². The maximum atomic E-state index is 12.4. The number of anilines is 1. The molecule has 0 unspecified atom stereocenters. The zero-order valence-electron chi connectivity index (χ0n) is 13.0. The topological polar surface area (TPSA) is 67.3 Å². The Bertz CT molecular complexity index is 789. The van der Waals surface area contributed by atoms with Gasteiger partial charge in [-0.1, -0.05) is 22.0 Å². The Morgan fingerprint density at radius 3 is 2.48 bits per heavy atom. The summed E-state index contributed by atoms with van der Waals surface area (Å²) in [7, 11) is 0. The van der Waals surface area contributed by atoms with E-state index in [4.69, 9.17) is 4.74 Å². The van der Waals surface area contributed by atoms with E-state index in [1.165, 1.54) is 6.07 Å². The Hall–Kier alpha value is -1.86. The van der Waals surface area contributed by atoms with Gasteiger partial charge in [0.2, 0.25) is 0 Å². The summed E-state index contributed by atoms with van der Waals surface area (Å²) in [5.74, 6) is 0.535. The van der Waals surface area contributed by atoms with Gasteiger partial charge in [-0.05, 0) is 32.0 Å². The molecular formula is C16H18BrN3O3. The summed E-state index contributed by atoms with van der Waals surface area (Å²) in [5.41, 5.74) is -0.271. The Kier molecular flexibility index (Phi) is 4.41. The number of rotatable bonds is 2. The number of ether oxygens (including phenoxy) is 1. The summed E-state index contributed by atoms with van der Waals surface area (Å²) in [5, 5.41) is 0. The van der Waals surface area contributed by atoms with E-state index in [1.807, 2.05) is 24.8 Å². The Balaban J connectivity index is 2.01. The van der Waals surface area contributed by atoms with E-state index >= 15 is 0 Å². The highest BCUT2D eigenvalue weighted by atomic mass is 79.9. The van der Waals surface area contributed by atoms with E-state index in [1.54, 1.807) is 18.2 Å². The van der Waals surface area contributed by atoms with Crippen molar-refractivity contribution < 1.29 is 4.74 Å². The molecule has 2 heterocycles. The number of hydrogen-bond donors (Lipinski definition) is 1. The molecule has 0 saturated carbocycles. The van der Waals surface area contributed by atoms with Gasteiger partial charge in [-0.25, -0.2) is 9.36 Å². The first kappa shape index (κ1) is 16.0. The third kappa shape index (κ3) is 3.40. The zero-order valence-corrected chi connectivity index (χ0v) is 14.5. The third-order valence-electron chi connectivity index (χ3n) is 3.75. The molecule has 1 aromatic heterocycles. The van der Waals surface area contributed by atoms with E-state index in [0.717, 1.165) is 9.04 Å². The summed E-state index contributed by atoms with van der Waals surface area (Å²) < 4.78 is 7.62. The Morgan fingerprint density at radius 1 is 1.17 bits per heavy atom. The van der Waals surface area contributed by atoms with E-state index in [2.05, 4.69) is 20.9 Å². The lowest BCUT2D eigenvalue weighted by Crippen LogP contribution is -2.47. The average Bonchev–Trinajstić information content (AvgIpc) is 2.45. The van der Waals surface area contributed by atoms with Gasteiger partial charge in [0.15, 0.2) is 0 Å². The van der Waals surface area contributed by atoms with Crippen LogP contribution in [0.3, 0.4) is 0 Å². The molecule has 23 heavy (non-hydrogen) atoms. The lowest BCUT2D eigenvalue weighted by Gasteiger charge is -2.36. The molecule has 6 nitrogen and oxygen atoms in total. The highest BCUT2D eigenvalue weighted by Gasteiger charge is 2.23. The van der Waals surface area contributed by atoms with Crippen LogP contribution >= 0.6 is 15.9 Å². The van der Waals surface area contributed by atoms with Gasteiger partial charge in [-0.3, -0.25) is 9.78 Å². The van der Waals surface area contributed by atoms with Gasteiger partial charge >= 0.3 is 5.69 Å². The second kappa shape index (κ2) is 6.33. The summed E-state index contributed by atoms with van der Waals surface area (Å²) >= 11 is 3.35. The average molecular weight is 380 g/mol. The van der Waals surface area contributed by atoms with Gasteiger partial charge in [0, 0.05) is 23.6 Å². The number of benzene rings is 1. The predicted octanol–water partition coefficient (Wildman–Crippen LogP) is 1.90. The number of aromatic amines is 1. The minimum atomic E-state index is -0.447. The van der Waals surface area contributed by atoms with Gasteiger partial charge in [0.25, 0.3) is 5.56 Å². The normalized spacial score (nSPS) is 21.4. The van der Waals surface area contributed by atoms with Crippen LogP contribution < -0.4 is 16.1 Å². The maximum absolute atomic E-state index is 12.4. The molecular weight excluding hydrogens is 362 g/mol. The lowest BCUT2D eigenvalue weighted by atomic mass is 10.2. The van der Waals surface area contributed by atoms with Gasteiger partial charge in [-0.2, -0.15) is 0 Å². The number of morpholine rings is 1. The monoisotopic (exact) mass is 379 g/mol. The number of nitrogens with zero attached hydrogens (tertiary/aromatic N) is 2. The molecule has 0 amide bonds. The molecule has 122 valence electrons. The fourth-order valence-electron chi connectivity index (χ4n) is 2.89. The van der Waals surface area contributed by atoms with Crippen LogP contribution in [0.25, 0.3) is 5.69 Å². The van der Waals surface area contributed by atoms with Crippen molar-refractivity contribution in [3.8, 4) is 5.69 Å². The van der Waals surface area contributed by atoms with Gasteiger partial charge in [0.1, 0.15) is 5.82 Å². The minimum Gasteiger partial charge on any atom is -0.372 e. The van der Waals surface area contributed by atoms with Crippen molar-refractivity contribution in [1.82, 2.24) is 9.55 Å². The van der Waals surface area contributed by atoms with Crippen LogP contribution in [0, 0.1) is 0 Å². The highest BCUT2D eigenvalue weighted by Crippen LogP contribution is 2.17. The van der Waals surface area contributed by atoms with Gasteiger partial charge < -0.3 is 9.64 Å². The van der Waals surface area contributed by atoms with Crippen LogP contribution in [0.2, 0.25) is 0 Å². The smallest absolute Gasteiger partial charge is 0.334 e. The fourth-order valence-corrected chi connectivity index (χ4v) is 3.27. The molecule has 1 aliphatic heterocycles. The minimum absolute atomic E-state index is 0.0507. The largest absolute Gasteiger partial charge is 0.372 e. The number of halogens is 1.